The highest BCUT2D eigenvalue weighted by atomic mass is 16.5. The van der Waals surface area contributed by atoms with E-state index in [2.05, 4.69) is 11.9 Å². The molecule has 1 heterocycles. The minimum atomic E-state index is 0.482. The number of nitrogens with zero attached hydrogens (tertiary/aromatic N) is 2. The van der Waals surface area contributed by atoms with Crippen molar-refractivity contribution < 1.29 is 9.53 Å². The predicted octanol–water partition coefficient (Wildman–Crippen LogP) is 2.91. The highest BCUT2D eigenvalue weighted by Crippen LogP contribution is 2.25. The Morgan fingerprint density at radius 3 is 2.58 bits per heavy atom. The molecular formula is C15H18N2O2. The summed E-state index contributed by atoms with van der Waals surface area (Å²) in [7, 11) is 0. The van der Waals surface area contributed by atoms with Gasteiger partial charge < -0.3 is 9.30 Å². The van der Waals surface area contributed by atoms with Gasteiger partial charge in [0.2, 0.25) is 0 Å². The van der Waals surface area contributed by atoms with Crippen LogP contribution in [0.15, 0.2) is 24.7 Å². The highest BCUT2D eigenvalue weighted by molar-refractivity contribution is 5.76. The summed E-state index contributed by atoms with van der Waals surface area (Å²) in [6.45, 7) is 7.33. The van der Waals surface area contributed by atoms with Gasteiger partial charge in [-0.1, -0.05) is 0 Å². The summed E-state index contributed by atoms with van der Waals surface area (Å²) in [4.78, 5) is 14.9. The van der Waals surface area contributed by atoms with Crippen molar-refractivity contribution in [3.8, 4) is 5.75 Å². The zero-order valence-electron chi connectivity index (χ0n) is 11.5. The molecule has 0 fully saturated rings. The zero-order valence-corrected chi connectivity index (χ0v) is 11.5. The Hall–Kier alpha value is -2.10. The minimum absolute atomic E-state index is 0.482. The van der Waals surface area contributed by atoms with E-state index in [1.54, 1.807) is 6.33 Å². The molecule has 1 aromatic carbocycles. The summed E-state index contributed by atoms with van der Waals surface area (Å²) in [5.41, 5.74) is 3.68. The highest BCUT2D eigenvalue weighted by Gasteiger charge is 2.08. The molecule has 19 heavy (non-hydrogen) atoms. The van der Waals surface area contributed by atoms with Crippen LogP contribution in [0.25, 0.3) is 0 Å². The summed E-state index contributed by atoms with van der Waals surface area (Å²) >= 11 is 0. The number of ether oxygens (including phenoxy) is 1. The lowest BCUT2D eigenvalue weighted by molar-refractivity contribution is 0.112. The van der Waals surface area contributed by atoms with Crippen LogP contribution in [-0.4, -0.2) is 15.8 Å². The molecule has 0 saturated heterocycles. The molecule has 0 amide bonds. The summed E-state index contributed by atoms with van der Waals surface area (Å²) in [6, 6.07) is 3.68. The zero-order chi connectivity index (χ0) is 13.8. The average Bonchev–Trinajstić information content (AvgIpc) is 2.85. The third-order valence-corrected chi connectivity index (χ3v) is 3.12. The van der Waals surface area contributed by atoms with Crippen LogP contribution >= 0.6 is 0 Å². The molecule has 0 unspecified atom stereocenters. The third kappa shape index (κ3) is 2.84. The number of carbonyl (C=O) groups excluding carboxylic acids is 1. The number of carbonyl (C=O) groups is 1. The standard InChI is InChI=1S/C15H18N2O2/c1-4-17-10-16-7-14(17)9-19-15-11(2)5-13(8-18)6-12(15)3/h5-8,10H,4,9H2,1-3H3. The predicted molar refractivity (Wildman–Crippen MR) is 73.5 cm³/mol. The Morgan fingerprint density at radius 2 is 2.00 bits per heavy atom. The van der Waals surface area contributed by atoms with Crippen LogP contribution in [0.1, 0.15) is 34.1 Å². The van der Waals surface area contributed by atoms with Crippen molar-refractivity contribution in [2.24, 2.45) is 0 Å². The second-order valence-corrected chi connectivity index (χ2v) is 4.56. The number of aromatic nitrogens is 2. The molecule has 0 N–H and O–H groups in total. The molecule has 4 heteroatoms. The van der Waals surface area contributed by atoms with Gasteiger partial charge >= 0.3 is 0 Å². The van der Waals surface area contributed by atoms with Crippen molar-refractivity contribution in [3.63, 3.8) is 0 Å². The van der Waals surface area contributed by atoms with Gasteiger partial charge in [-0.15, -0.1) is 0 Å². The fraction of sp³-hybridized carbons (Fsp3) is 0.333. The number of rotatable bonds is 5. The summed E-state index contributed by atoms with van der Waals surface area (Å²) in [5, 5.41) is 0. The molecule has 0 aliphatic rings. The van der Waals surface area contributed by atoms with Crippen molar-refractivity contribution in [2.45, 2.75) is 33.9 Å². The molecular weight excluding hydrogens is 240 g/mol. The molecule has 1 aromatic heterocycles. The van der Waals surface area contributed by atoms with Crippen molar-refractivity contribution in [1.82, 2.24) is 9.55 Å². The Labute approximate surface area is 113 Å². The first-order valence-corrected chi connectivity index (χ1v) is 6.34. The average molecular weight is 258 g/mol. The topological polar surface area (TPSA) is 44.1 Å². The van der Waals surface area contributed by atoms with Gasteiger partial charge in [-0.2, -0.15) is 0 Å². The molecule has 0 atom stereocenters. The van der Waals surface area contributed by atoms with E-state index in [0.717, 1.165) is 35.4 Å². The van der Waals surface area contributed by atoms with Crippen LogP contribution in [0, 0.1) is 13.8 Å². The van der Waals surface area contributed by atoms with E-state index >= 15 is 0 Å². The fourth-order valence-electron chi connectivity index (χ4n) is 2.18. The number of imidazole rings is 1. The number of aryl methyl sites for hydroxylation is 3. The molecule has 4 nitrogen and oxygen atoms in total. The van der Waals surface area contributed by atoms with E-state index in [1.165, 1.54) is 0 Å². The molecule has 0 aliphatic heterocycles. The van der Waals surface area contributed by atoms with Gasteiger partial charge in [0, 0.05) is 12.1 Å². The van der Waals surface area contributed by atoms with Crippen LogP contribution < -0.4 is 4.74 Å². The van der Waals surface area contributed by atoms with Gasteiger partial charge in [-0.05, 0) is 44.0 Å². The molecule has 2 aromatic rings. The quantitative estimate of drug-likeness (QED) is 0.774. The number of hydrogen-bond acceptors (Lipinski definition) is 3. The van der Waals surface area contributed by atoms with E-state index in [0.29, 0.717) is 12.2 Å². The first-order valence-electron chi connectivity index (χ1n) is 6.34. The maximum atomic E-state index is 10.8. The summed E-state index contributed by atoms with van der Waals surface area (Å²) in [5.74, 6) is 0.842. The monoisotopic (exact) mass is 258 g/mol. The van der Waals surface area contributed by atoms with Crippen LogP contribution in [0.5, 0.6) is 5.75 Å². The molecule has 0 radical (unpaired) electrons. The van der Waals surface area contributed by atoms with Gasteiger partial charge in [-0.3, -0.25) is 4.79 Å². The Bertz CT molecular complexity index is 565. The van der Waals surface area contributed by atoms with E-state index in [-0.39, 0.29) is 0 Å². The minimum Gasteiger partial charge on any atom is -0.487 e. The Balaban J connectivity index is 2.18. The smallest absolute Gasteiger partial charge is 0.150 e. The van der Waals surface area contributed by atoms with Crippen molar-refractivity contribution >= 4 is 6.29 Å². The van der Waals surface area contributed by atoms with E-state index in [4.69, 9.17) is 4.74 Å². The normalized spacial score (nSPS) is 10.5. The second kappa shape index (κ2) is 5.69. The number of aldehydes is 1. The van der Waals surface area contributed by atoms with Crippen molar-refractivity contribution in [1.29, 1.82) is 0 Å². The van der Waals surface area contributed by atoms with E-state index < -0.39 is 0 Å². The fourth-order valence-corrected chi connectivity index (χ4v) is 2.18. The SMILES string of the molecule is CCn1cncc1COc1c(C)cc(C=O)cc1C. The van der Waals surface area contributed by atoms with Crippen LogP contribution in [0.3, 0.4) is 0 Å². The van der Waals surface area contributed by atoms with Gasteiger partial charge in [0.05, 0.1) is 18.2 Å². The van der Waals surface area contributed by atoms with Crippen LogP contribution in [0.2, 0.25) is 0 Å². The summed E-state index contributed by atoms with van der Waals surface area (Å²) in [6.07, 6.45) is 4.47. The van der Waals surface area contributed by atoms with Crippen LogP contribution in [0.4, 0.5) is 0 Å². The molecule has 0 bridgehead atoms. The lowest BCUT2D eigenvalue weighted by Gasteiger charge is -2.13. The Morgan fingerprint density at radius 1 is 1.32 bits per heavy atom. The largest absolute Gasteiger partial charge is 0.487 e. The number of benzene rings is 1. The van der Waals surface area contributed by atoms with E-state index in [9.17, 15) is 4.79 Å². The van der Waals surface area contributed by atoms with Gasteiger partial charge in [-0.25, -0.2) is 4.98 Å². The number of hydrogen-bond donors (Lipinski definition) is 0. The second-order valence-electron chi connectivity index (χ2n) is 4.56. The van der Waals surface area contributed by atoms with Crippen molar-refractivity contribution in [3.05, 3.63) is 47.0 Å². The molecule has 0 spiro atoms. The lowest BCUT2D eigenvalue weighted by atomic mass is 10.1. The third-order valence-electron chi connectivity index (χ3n) is 3.12. The maximum absolute atomic E-state index is 10.8. The first kappa shape index (κ1) is 13.3. The first-order chi connectivity index (χ1) is 9.15. The van der Waals surface area contributed by atoms with Gasteiger partial charge in [0.1, 0.15) is 18.6 Å². The maximum Gasteiger partial charge on any atom is 0.150 e. The molecule has 2 rings (SSSR count). The molecule has 100 valence electrons. The molecule has 0 saturated carbocycles. The van der Waals surface area contributed by atoms with E-state index in [1.807, 2.05) is 36.7 Å². The van der Waals surface area contributed by atoms with Crippen LogP contribution in [-0.2, 0) is 13.2 Å². The summed E-state index contributed by atoms with van der Waals surface area (Å²) < 4.78 is 7.92. The lowest BCUT2D eigenvalue weighted by Crippen LogP contribution is -2.05. The Kier molecular flexibility index (Phi) is 4.00. The van der Waals surface area contributed by atoms with Gasteiger partial charge in [0.15, 0.2) is 0 Å². The van der Waals surface area contributed by atoms with Crippen molar-refractivity contribution in [2.75, 3.05) is 0 Å². The molecule has 0 aliphatic carbocycles. The van der Waals surface area contributed by atoms with Gasteiger partial charge in [0.25, 0.3) is 0 Å².